The van der Waals surface area contributed by atoms with Crippen LogP contribution >= 0.6 is 23.2 Å². The number of carbonyl (C=O) groups is 1. The fraction of sp³-hybridized carbons (Fsp3) is 0.0714. The van der Waals surface area contributed by atoms with Gasteiger partial charge in [-0.2, -0.15) is 0 Å². The molecule has 3 N–H and O–H groups in total. The summed E-state index contributed by atoms with van der Waals surface area (Å²) < 4.78 is 18.7. The van der Waals surface area contributed by atoms with Crippen molar-refractivity contribution in [3.05, 3.63) is 52.3 Å². The Bertz CT molecular complexity index is 660. The molecule has 0 bridgehead atoms. The van der Waals surface area contributed by atoms with Gasteiger partial charge in [-0.15, -0.1) is 0 Å². The van der Waals surface area contributed by atoms with E-state index in [1.807, 2.05) is 0 Å². The quantitative estimate of drug-likeness (QED) is 0.840. The van der Waals surface area contributed by atoms with Gasteiger partial charge in [-0.05, 0) is 36.4 Å². The highest BCUT2D eigenvalue weighted by Crippen LogP contribution is 2.24. The van der Waals surface area contributed by atoms with Crippen molar-refractivity contribution in [1.29, 1.82) is 0 Å². The molecule has 0 atom stereocenters. The lowest BCUT2D eigenvalue weighted by atomic mass is 10.2. The van der Waals surface area contributed by atoms with Gasteiger partial charge in [0.05, 0.1) is 5.69 Å². The van der Waals surface area contributed by atoms with Crippen molar-refractivity contribution in [2.75, 3.05) is 17.7 Å². The number of nitrogen functional groups attached to an aromatic ring is 1. The number of rotatable bonds is 4. The van der Waals surface area contributed by atoms with Gasteiger partial charge in [0.25, 0.3) is 5.91 Å². The predicted molar refractivity (Wildman–Crippen MR) is 81.4 cm³/mol. The van der Waals surface area contributed by atoms with Gasteiger partial charge < -0.3 is 15.8 Å². The third-order valence-electron chi connectivity index (χ3n) is 2.47. The largest absolute Gasteiger partial charge is 0.484 e. The minimum Gasteiger partial charge on any atom is -0.484 e. The van der Waals surface area contributed by atoms with Gasteiger partial charge in [0.15, 0.2) is 6.61 Å². The molecule has 0 radical (unpaired) electrons. The Kier molecular flexibility index (Phi) is 4.88. The zero-order valence-corrected chi connectivity index (χ0v) is 12.2. The molecule has 1 amide bonds. The lowest BCUT2D eigenvalue weighted by Crippen LogP contribution is -2.20. The molecule has 0 spiro atoms. The van der Waals surface area contributed by atoms with Crippen molar-refractivity contribution in [3.8, 4) is 5.75 Å². The molecule has 2 rings (SSSR count). The monoisotopic (exact) mass is 328 g/mol. The van der Waals surface area contributed by atoms with E-state index in [9.17, 15) is 9.18 Å². The smallest absolute Gasteiger partial charge is 0.262 e. The van der Waals surface area contributed by atoms with E-state index in [0.717, 1.165) is 0 Å². The Balaban J connectivity index is 1.97. The van der Waals surface area contributed by atoms with Gasteiger partial charge in [-0.1, -0.05) is 23.2 Å². The molecule has 2 aromatic rings. The van der Waals surface area contributed by atoms with Crippen LogP contribution in [0.3, 0.4) is 0 Å². The van der Waals surface area contributed by atoms with Crippen LogP contribution in [0.2, 0.25) is 10.0 Å². The third-order valence-corrected chi connectivity index (χ3v) is 2.91. The van der Waals surface area contributed by atoms with Crippen molar-refractivity contribution >= 4 is 40.5 Å². The van der Waals surface area contributed by atoms with Crippen LogP contribution in [0.1, 0.15) is 0 Å². The Morgan fingerprint density at radius 2 is 1.86 bits per heavy atom. The van der Waals surface area contributed by atoms with Crippen LogP contribution in [0.25, 0.3) is 0 Å². The maximum Gasteiger partial charge on any atom is 0.262 e. The maximum absolute atomic E-state index is 13.5. The molecule has 0 aliphatic heterocycles. The second-order valence-corrected chi connectivity index (χ2v) is 5.05. The Labute approximate surface area is 130 Å². The first-order chi connectivity index (χ1) is 9.94. The number of amides is 1. The highest BCUT2D eigenvalue weighted by atomic mass is 35.5. The van der Waals surface area contributed by atoms with Crippen LogP contribution in [-0.2, 0) is 4.79 Å². The lowest BCUT2D eigenvalue weighted by molar-refractivity contribution is -0.118. The van der Waals surface area contributed by atoms with Crippen LogP contribution in [0.15, 0.2) is 36.4 Å². The molecule has 7 heteroatoms. The van der Waals surface area contributed by atoms with Crippen LogP contribution in [0, 0.1) is 5.82 Å². The molecule has 0 aliphatic carbocycles. The Morgan fingerprint density at radius 3 is 2.52 bits per heavy atom. The molecule has 0 saturated carbocycles. The van der Waals surface area contributed by atoms with Crippen molar-refractivity contribution in [2.24, 2.45) is 0 Å². The van der Waals surface area contributed by atoms with Gasteiger partial charge in [-0.3, -0.25) is 4.79 Å². The summed E-state index contributed by atoms with van der Waals surface area (Å²) in [5.41, 5.74) is 5.86. The van der Waals surface area contributed by atoms with E-state index in [4.69, 9.17) is 33.7 Å². The number of benzene rings is 2. The van der Waals surface area contributed by atoms with Crippen LogP contribution in [-0.4, -0.2) is 12.5 Å². The molecule has 0 heterocycles. The molecule has 0 saturated heterocycles. The molecular weight excluding hydrogens is 318 g/mol. The average Bonchev–Trinajstić information content (AvgIpc) is 2.40. The third kappa shape index (κ3) is 4.51. The predicted octanol–water partition coefficient (Wildman–Crippen LogP) is 3.73. The molecule has 0 aromatic heterocycles. The van der Waals surface area contributed by atoms with E-state index in [-0.39, 0.29) is 12.3 Å². The van der Waals surface area contributed by atoms with E-state index in [1.54, 1.807) is 0 Å². The maximum atomic E-state index is 13.5. The zero-order chi connectivity index (χ0) is 15.4. The number of hydrogen-bond acceptors (Lipinski definition) is 3. The van der Waals surface area contributed by atoms with E-state index in [0.29, 0.717) is 21.5 Å². The molecule has 2 aromatic carbocycles. The van der Waals surface area contributed by atoms with Gasteiger partial charge in [0, 0.05) is 15.7 Å². The molecule has 21 heavy (non-hydrogen) atoms. The summed E-state index contributed by atoms with van der Waals surface area (Å²) in [5.74, 6) is -0.769. The summed E-state index contributed by atoms with van der Waals surface area (Å²) in [7, 11) is 0. The standard InChI is InChI=1S/C14H11Cl2FN2O2/c15-8-3-9(16)5-11(4-8)21-7-14(20)19-13-6-10(18)1-2-12(13)17/h1-6H,7,18H2,(H,19,20). The number of nitrogens with two attached hydrogens (primary N) is 1. The van der Waals surface area contributed by atoms with Crippen molar-refractivity contribution in [1.82, 2.24) is 0 Å². The number of ether oxygens (including phenoxy) is 1. The molecule has 4 nitrogen and oxygen atoms in total. The summed E-state index contributed by atoms with van der Waals surface area (Å²) in [5, 5.41) is 3.14. The highest BCUT2D eigenvalue weighted by molar-refractivity contribution is 6.34. The first kappa shape index (κ1) is 15.4. The van der Waals surface area contributed by atoms with E-state index >= 15 is 0 Å². The summed E-state index contributed by atoms with van der Waals surface area (Å²) in [6.07, 6.45) is 0. The molecule has 0 fully saturated rings. The first-order valence-electron chi connectivity index (χ1n) is 5.88. The summed E-state index contributed by atoms with van der Waals surface area (Å²) in [6.45, 7) is -0.315. The Morgan fingerprint density at radius 1 is 1.19 bits per heavy atom. The second kappa shape index (κ2) is 6.65. The van der Waals surface area contributed by atoms with Crippen molar-refractivity contribution in [3.63, 3.8) is 0 Å². The van der Waals surface area contributed by atoms with Gasteiger partial charge in [0.2, 0.25) is 0 Å². The topological polar surface area (TPSA) is 64.3 Å². The van der Waals surface area contributed by atoms with E-state index in [2.05, 4.69) is 5.32 Å². The van der Waals surface area contributed by atoms with Gasteiger partial charge in [0.1, 0.15) is 11.6 Å². The fourth-order valence-electron chi connectivity index (χ4n) is 1.59. The second-order valence-electron chi connectivity index (χ2n) is 4.18. The average molecular weight is 329 g/mol. The van der Waals surface area contributed by atoms with Gasteiger partial charge in [-0.25, -0.2) is 4.39 Å². The van der Waals surface area contributed by atoms with Crippen LogP contribution < -0.4 is 15.8 Å². The van der Waals surface area contributed by atoms with E-state index < -0.39 is 11.7 Å². The van der Waals surface area contributed by atoms with Crippen molar-refractivity contribution in [2.45, 2.75) is 0 Å². The van der Waals surface area contributed by atoms with E-state index in [1.165, 1.54) is 36.4 Å². The molecule has 0 aliphatic rings. The minimum atomic E-state index is -0.580. The number of anilines is 2. The zero-order valence-electron chi connectivity index (χ0n) is 10.7. The van der Waals surface area contributed by atoms with Crippen molar-refractivity contribution < 1.29 is 13.9 Å². The molecular formula is C14H11Cl2FN2O2. The van der Waals surface area contributed by atoms with Gasteiger partial charge >= 0.3 is 0 Å². The minimum absolute atomic E-state index is 0.00673. The van der Waals surface area contributed by atoms with Crippen LogP contribution in [0.4, 0.5) is 15.8 Å². The number of carbonyl (C=O) groups excluding carboxylic acids is 1. The SMILES string of the molecule is Nc1ccc(F)c(NC(=O)COc2cc(Cl)cc(Cl)c2)c1. The molecule has 0 unspecified atom stereocenters. The lowest BCUT2D eigenvalue weighted by Gasteiger charge is -2.09. The highest BCUT2D eigenvalue weighted by Gasteiger charge is 2.09. The van der Waals surface area contributed by atoms with Crippen LogP contribution in [0.5, 0.6) is 5.75 Å². The summed E-state index contributed by atoms with van der Waals surface area (Å²) in [6, 6.07) is 8.46. The Hall–Kier alpha value is -1.98. The first-order valence-corrected chi connectivity index (χ1v) is 6.63. The number of nitrogens with one attached hydrogen (secondary N) is 1. The summed E-state index contributed by atoms with van der Waals surface area (Å²) in [4.78, 5) is 11.7. The number of hydrogen-bond donors (Lipinski definition) is 2. The molecule has 110 valence electrons. The normalized spacial score (nSPS) is 10.2. The fourth-order valence-corrected chi connectivity index (χ4v) is 2.09. The summed E-state index contributed by atoms with van der Waals surface area (Å²) >= 11 is 11.6. The number of halogens is 3.